The van der Waals surface area contributed by atoms with Crippen LogP contribution in [0.2, 0.25) is 0 Å². The molecule has 70 valence electrons. The molecular weight excluding hydrogens is 182 g/mol. The third-order valence-electron chi connectivity index (χ3n) is 1.98. The van der Waals surface area contributed by atoms with Crippen molar-refractivity contribution in [2.45, 2.75) is 19.4 Å². The van der Waals surface area contributed by atoms with Crippen molar-refractivity contribution in [1.29, 1.82) is 0 Å². The minimum absolute atomic E-state index is 0.0310. The van der Waals surface area contributed by atoms with E-state index in [0.717, 1.165) is 4.31 Å². The lowest BCUT2D eigenvalue weighted by atomic mass is 10.1. The first-order valence-corrected chi connectivity index (χ1v) is 5.32. The second-order valence-electron chi connectivity index (χ2n) is 2.65. The van der Waals surface area contributed by atoms with Crippen LogP contribution in [0.25, 0.3) is 0 Å². The van der Waals surface area contributed by atoms with Gasteiger partial charge in [0, 0.05) is 6.54 Å². The number of rotatable bonds is 3. The second-order valence-corrected chi connectivity index (χ2v) is 4.86. The van der Waals surface area contributed by atoms with Crippen LogP contribution in [0.3, 0.4) is 0 Å². The molecule has 0 bridgehead atoms. The molecule has 1 fully saturated rings. The zero-order chi connectivity index (χ0) is 9.35. The maximum atomic E-state index is 11.2. The Morgan fingerprint density at radius 2 is 2.25 bits per heavy atom. The number of carbonyl (C=O) groups is 1. The Hall–Kier alpha value is -0.620. The maximum absolute atomic E-state index is 11.2. The number of sulfonamides is 1. The van der Waals surface area contributed by atoms with E-state index in [-0.39, 0.29) is 5.75 Å². The number of hydrogen-bond donors (Lipinski definition) is 1. The normalized spacial score (nSPS) is 24.9. The molecule has 0 radical (unpaired) electrons. The Labute approximate surface area is 71.0 Å². The summed E-state index contributed by atoms with van der Waals surface area (Å²) in [5, 5.41) is 8.56. The van der Waals surface area contributed by atoms with Crippen LogP contribution in [-0.4, -0.2) is 42.1 Å². The highest BCUT2D eigenvalue weighted by Crippen LogP contribution is 2.21. The van der Waals surface area contributed by atoms with Gasteiger partial charge in [0.2, 0.25) is 10.0 Å². The zero-order valence-electron chi connectivity index (χ0n) is 6.73. The zero-order valence-corrected chi connectivity index (χ0v) is 7.54. The van der Waals surface area contributed by atoms with Crippen LogP contribution >= 0.6 is 0 Å². The molecule has 0 saturated carbocycles. The molecule has 0 aromatic carbocycles. The first-order valence-electron chi connectivity index (χ1n) is 3.71. The largest absolute Gasteiger partial charge is 0.480 e. The molecule has 1 saturated heterocycles. The molecule has 0 aliphatic carbocycles. The third-order valence-corrected chi connectivity index (χ3v) is 3.86. The molecule has 1 aliphatic rings. The summed E-state index contributed by atoms with van der Waals surface area (Å²) in [6, 6.07) is -0.824. The molecular formula is C6H11NO4S. The Bertz CT molecular complexity index is 284. The lowest BCUT2D eigenvalue weighted by Gasteiger charge is -2.36. The van der Waals surface area contributed by atoms with E-state index in [2.05, 4.69) is 0 Å². The molecule has 0 aromatic rings. The number of carboxylic acid groups (broad SMARTS) is 1. The van der Waals surface area contributed by atoms with E-state index in [1.54, 1.807) is 0 Å². The highest BCUT2D eigenvalue weighted by molar-refractivity contribution is 7.89. The molecule has 5 nitrogen and oxygen atoms in total. The number of aliphatic carboxylic acids is 1. The summed E-state index contributed by atoms with van der Waals surface area (Å²) in [5.41, 5.74) is 0. The van der Waals surface area contributed by atoms with Gasteiger partial charge in [-0.25, -0.2) is 8.42 Å². The lowest BCUT2D eigenvalue weighted by molar-refractivity contribution is -0.144. The summed E-state index contributed by atoms with van der Waals surface area (Å²) in [7, 11) is -3.30. The van der Waals surface area contributed by atoms with E-state index in [1.807, 2.05) is 0 Å². The fourth-order valence-corrected chi connectivity index (χ4v) is 2.41. The Balaban J connectivity index is 2.73. The number of nitrogens with zero attached hydrogens (tertiary/aromatic N) is 1. The van der Waals surface area contributed by atoms with Gasteiger partial charge in [-0.3, -0.25) is 4.79 Å². The Morgan fingerprint density at radius 3 is 2.50 bits per heavy atom. The molecule has 12 heavy (non-hydrogen) atoms. The predicted molar refractivity (Wildman–Crippen MR) is 42.2 cm³/mol. The van der Waals surface area contributed by atoms with Crippen molar-refractivity contribution in [3.05, 3.63) is 0 Å². The number of hydrogen-bond acceptors (Lipinski definition) is 3. The van der Waals surface area contributed by atoms with E-state index in [0.29, 0.717) is 13.0 Å². The van der Waals surface area contributed by atoms with Gasteiger partial charge >= 0.3 is 5.97 Å². The first kappa shape index (κ1) is 9.47. The lowest BCUT2D eigenvalue weighted by Crippen LogP contribution is -2.55. The minimum atomic E-state index is -3.30. The standard InChI is InChI=1S/C6H11NO4S/c1-2-12(10,11)7-4-3-5(7)6(8)9/h5H,2-4H2,1H3,(H,8,9)/t5-/m0/s1. The van der Waals surface area contributed by atoms with Crippen LogP contribution in [0.5, 0.6) is 0 Å². The highest BCUT2D eigenvalue weighted by Gasteiger charge is 2.41. The molecule has 1 atom stereocenters. The Morgan fingerprint density at radius 1 is 1.67 bits per heavy atom. The molecule has 1 rings (SSSR count). The topological polar surface area (TPSA) is 74.7 Å². The predicted octanol–water partition coefficient (Wildman–Crippen LogP) is -0.505. The quantitative estimate of drug-likeness (QED) is 0.655. The van der Waals surface area contributed by atoms with Crippen LogP contribution in [-0.2, 0) is 14.8 Å². The van der Waals surface area contributed by atoms with Crippen molar-refractivity contribution in [2.75, 3.05) is 12.3 Å². The van der Waals surface area contributed by atoms with Crippen molar-refractivity contribution in [1.82, 2.24) is 4.31 Å². The van der Waals surface area contributed by atoms with Gasteiger partial charge < -0.3 is 5.11 Å². The Kier molecular flexibility index (Phi) is 2.39. The average molecular weight is 193 g/mol. The van der Waals surface area contributed by atoms with Gasteiger partial charge in [-0.15, -0.1) is 0 Å². The maximum Gasteiger partial charge on any atom is 0.322 e. The summed E-state index contributed by atoms with van der Waals surface area (Å²) >= 11 is 0. The van der Waals surface area contributed by atoms with Crippen LogP contribution in [0.1, 0.15) is 13.3 Å². The fraction of sp³-hybridized carbons (Fsp3) is 0.833. The molecule has 0 unspecified atom stereocenters. The SMILES string of the molecule is CCS(=O)(=O)N1CC[C@H]1C(=O)O. The van der Waals surface area contributed by atoms with Gasteiger partial charge in [0.25, 0.3) is 0 Å². The van der Waals surface area contributed by atoms with Crippen LogP contribution in [0.15, 0.2) is 0 Å². The summed E-state index contributed by atoms with van der Waals surface area (Å²) in [6.07, 6.45) is 0.425. The minimum Gasteiger partial charge on any atom is -0.480 e. The van der Waals surface area contributed by atoms with Crippen LogP contribution in [0, 0.1) is 0 Å². The van der Waals surface area contributed by atoms with E-state index in [1.165, 1.54) is 6.92 Å². The van der Waals surface area contributed by atoms with Crippen molar-refractivity contribution >= 4 is 16.0 Å². The average Bonchev–Trinajstić information content (AvgIpc) is 1.82. The third kappa shape index (κ3) is 1.44. The van der Waals surface area contributed by atoms with Gasteiger partial charge in [0.05, 0.1) is 5.75 Å². The van der Waals surface area contributed by atoms with Gasteiger partial charge in [0.15, 0.2) is 0 Å². The molecule has 0 aromatic heterocycles. The van der Waals surface area contributed by atoms with Crippen LogP contribution < -0.4 is 0 Å². The monoisotopic (exact) mass is 193 g/mol. The molecule has 1 aliphatic heterocycles. The summed E-state index contributed by atoms with van der Waals surface area (Å²) in [4.78, 5) is 10.4. The van der Waals surface area contributed by atoms with Gasteiger partial charge in [-0.2, -0.15) is 4.31 Å². The highest BCUT2D eigenvalue weighted by atomic mass is 32.2. The van der Waals surface area contributed by atoms with Crippen LogP contribution in [0.4, 0.5) is 0 Å². The molecule has 6 heteroatoms. The summed E-state index contributed by atoms with van der Waals surface area (Å²) in [5.74, 6) is -1.09. The van der Waals surface area contributed by atoms with Crippen molar-refractivity contribution in [2.24, 2.45) is 0 Å². The van der Waals surface area contributed by atoms with Crippen molar-refractivity contribution in [3.8, 4) is 0 Å². The van der Waals surface area contributed by atoms with Gasteiger partial charge in [-0.1, -0.05) is 0 Å². The molecule has 1 heterocycles. The van der Waals surface area contributed by atoms with Gasteiger partial charge in [0.1, 0.15) is 6.04 Å². The summed E-state index contributed by atoms with van der Waals surface area (Å²) < 4.78 is 23.4. The van der Waals surface area contributed by atoms with E-state index >= 15 is 0 Å². The molecule has 0 spiro atoms. The van der Waals surface area contributed by atoms with E-state index in [4.69, 9.17) is 5.11 Å². The first-order chi connectivity index (χ1) is 5.49. The van der Waals surface area contributed by atoms with Gasteiger partial charge in [-0.05, 0) is 13.3 Å². The number of carboxylic acids is 1. The molecule has 0 amide bonds. The fourth-order valence-electron chi connectivity index (χ4n) is 1.11. The molecule has 1 N–H and O–H groups in total. The van der Waals surface area contributed by atoms with E-state index < -0.39 is 22.0 Å². The van der Waals surface area contributed by atoms with Crippen molar-refractivity contribution < 1.29 is 18.3 Å². The van der Waals surface area contributed by atoms with Crippen molar-refractivity contribution in [3.63, 3.8) is 0 Å². The second kappa shape index (κ2) is 3.02. The van der Waals surface area contributed by atoms with E-state index in [9.17, 15) is 13.2 Å². The smallest absolute Gasteiger partial charge is 0.322 e. The summed E-state index contributed by atoms with van der Waals surface area (Å²) in [6.45, 7) is 1.85.